The Balaban J connectivity index is 1.52. The van der Waals surface area contributed by atoms with Gasteiger partial charge in [0, 0.05) is 23.9 Å². The number of hydrogen-bond acceptors (Lipinski definition) is 3. The lowest BCUT2D eigenvalue weighted by molar-refractivity contribution is 0.0962. The van der Waals surface area contributed by atoms with Crippen molar-refractivity contribution < 1.29 is 9.59 Å². The zero-order valence-corrected chi connectivity index (χ0v) is 18.8. The maximum absolute atomic E-state index is 13.3. The summed E-state index contributed by atoms with van der Waals surface area (Å²) in [6.07, 6.45) is 3.77. The van der Waals surface area contributed by atoms with Crippen LogP contribution in [0.15, 0.2) is 84.9 Å². The van der Waals surface area contributed by atoms with Gasteiger partial charge in [-0.3, -0.25) is 9.59 Å². The number of carbonyl (C=O) groups excluding carboxylic acids is 2. The Hall–Kier alpha value is -4.45. The van der Waals surface area contributed by atoms with E-state index in [4.69, 9.17) is 5.10 Å². The van der Waals surface area contributed by atoms with Crippen LogP contribution in [-0.2, 0) is 6.42 Å². The average molecular weight is 449 g/mol. The number of fused-ring (bicyclic) bond motifs is 1. The fraction of sp³-hybridized carbons (Fsp3) is 0.107. The van der Waals surface area contributed by atoms with Gasteiger partial charge in [0.2, 0.25) is 0 Å². The highest BCUT2D eigenvalue weighted by Gasteiger charge is 2.30. The van der Waals surface area contributed by atoms with Crippen LogP contribution in [0.3, 0.4) is 0 Å². The van der Waals surface area contributed by atoms with Gasteiger partial charge in [0.1, 0.15) is 0 Å². The van der Waals surface area contributed by atoms with Gasteiger partial charge in [0.05, 0.1) is 11.4 Å². The Morgan fingerprint density at radius 2 is 1.53 bits per heavy atom. The van der Waals surface area contributed by atoms with E-state index in [1.54, 1.807) is 31.3 Å². The average Bonchev–Trinajstić information content (AvgIpc) is 3.46. The third kappa shape index (κ3) is 4.13. The van der Waals surface area contributed by atoms with Crippen LogP contribution in [0.5, 0.6) is 0 Å². The van der Waals surface area contributed by atoms with E-state index in [-0.39, 0.29) is 11.8 Å². The number of benzene rings is 3. The Morgan fingerprint density at radius 1 is 0.853 bits per heavy atom. The molecule has 1 aliphatic carbocycles. The van der Waals surface area contributed by atoms with Crippen LogP contribution in [-0.4, -0.2) is 28.6 Å². The van der Waals surface area contributed by atoms with E-state index in [0.717, 1.165) is 40.9 Å². The Labute approximate surface area is 197 Å². The number of amides is 2. The lowest BCUT2D eigenvalue weighted by Gasteiger charge is -2.08. The van der Waals surface area contributed by atoms with Crippen LogP contribution >= 0.6 is 0 Å². The van der Waals surface area contributed by atoms with Crippen LogP contribution in [0.1, 0.15) is 44.1 Å². The second-order valence-electron chi connectivity index (χ2n) is 8.11. The Kier molecular flexibility index (Phi) is 5.79. The largest absolute Gasteiger partial charge is 0.355 e. The fourth-order valence-corrected chi connectivity index (χ4v) is 4.26. The standard InChI is InChI=1S/C28H24N4O2/c1-29-27(33)20-12-15-22(16-13-20)30-28(34)25-24-17-14-21(18-19-8-4-2-5-9-19)26(24)32(31-25)23-10-6-3-7-11-23/h2-13,15-16,18H,14,17H2,1H3,(H,29,33)(H,30,34). The van der Waals surface area contributed by atoms with E-state index in [9.17, 15) is 9.59 Å². The summed E-state index contributed by atoms with van der Waals surface area (Å²) >= 11 is 0. The van der Waals surface area contributed by atoms with E-state index in [1.165, 1.54) is 0 Å². The van der Waals surface area contributed by atoms with E-state index in [0.29, 0.717) is 16.9 Å². The molecule has 0 bridgehead atoms. The van der Waals surface area contributed by atoms with Crippen molar-refractivity contribution in [3.05, 3.63) is 113 Å². The molecule has 0 spiro atoms. The zero-order chi connectivity index (χ0) is 23.5. The minimum Gasteiger partial charge on any atom is -0.355 e. The number of nitrogens with one attached hydrogen (secondary N) is 2. The number of hydrogen-bond donors (Lipinski definition) is 2. The van der Waals surface area contributed by atoms with E-state index in [2.05, 4.69) is 28.8 Å². The molecule has 2 amide bonds. The second-order valence-corrected chi connectivity index (χ2v) is 8.11. The van der Waals surface area contributed by atoms with Crippen molar-refractivity contribution in [2.24, 2.45) is 0 Å². The minimum absolute atomic E-state index is 0.171. The maximum Gasteiger partial charge on any atom is 0.276 e. The van der Waals surface area contributed by atoms with Gasteiger partial charge in [0.15, 0.2) is 5.69 Å². The first-order valence-corrected chi connectivity index (χ1v) is 11.2. The molecule has 0 radical (unpaired) electrons. The topological polar surface area (TPSA) is 76.0 Å². The number of para-hydroxylation sites is 1. The van der Waals surface area contributed by atoms with E-state index >= 15 is 0 Å². The Bertz CT molecular complexity index is 1370. The molecule has 1 heterocycles. The lowest BCUT2D eigenvalue weighted by Crippen LogP contribution is -2.18. The summed E-state index contributed by atoms with van der Waals surface area (Å²) in [5.74, 6) is -0.436. The van der Waals surface area contributed by atoms with Crippen molar-refractivity contribution in [2.75, 3.05) is 12.4 Å². The molecule has 0 atom stereocenters. The molecule has 0 fully saturated rings. The molecule has 0 saturated heterocycles. The molecule has 1 aliphatic rings. The van der Waals surface area contributed by atoms with Crippen molar-refractivity contribution in [2.45, 2.75) is 12.8 Å². The van der Waals surface area contributed by atoms with Gasteiger partial charge >= 0.3 is 0 Å². The lowest BCUT2D eigenvalue weighted by atomic mass is 10.1. The maximum atomic E-state index is 13.3. The van der Waals surface area contributed by atoms with Gasteiger partial charge in [-0.25, -0.2) is 4.68 Å². The van der Waals surface area contributed by atoms with E-state index in [1.807, 2.05) is 53.2 Å². The van der Waals surface area contributed by atoms with Crippen molar-refractivity contribution in [3.8, 4) is 5.69 Å². The van der Waals surface area contributed by atoms with Gasteiger partial charge in [-0.05, 0) is 66.5 Å². The number of nitrogens with zero attached hydrogens (tertiary/aromatic N) is 2. The molecule has 3 aromatic carbocycles. The molecular weight excluding hydrogens is 424 g/mol. The SMILES string of the molecule is CNC(=O)c1ccc(NC(=O)c2nn(-c3ccccc3)c3c2CCC3=Cc2ccccc2)cc1. The molecule has 2 N–H and O–H groups in total. The van der Waals surface area contributed by atoms with Crippen molar-refractivity contribution in [3.63, 3.8) is 0 Å². The molecule has 4 aromatic rings. The monoisotopic (exact) mass is 448 g/mol. The molecule has 1 aromatic heterocycles. The normalized spacial score (nSPS) is 13.5. The fourth-order valence-electron chi connectivity index (χ4n) is 4.26. The summed E-state index contributed by atoms with van der Waals surface area (Å²) in [6.45, 7) is 0. The highest BCUT2D eigenvalue weighted by molar-refractivity contribution is 6.06. The van der Waals surface area contributed by atoms with Gasteiger partial charge < -0.3 is 10.6 Å². The number of rotatable bonds is 5. The first-order valence-electron chi connectivity index (χ1n) is 11.2. The number of anilines is 1. The summed E-state index contributed by atoms with van der Waals surface area (Å²) in [5, 5.41) is 10.3. The summed E-state index contributed by atoms with van der Waals surface area (Å²) in [5.41, 5.74) is 6.68. The van der Waals surface area contributed by atoms with Crippen molar-refractivity contribution in [1.29, 1.82) is 0 Å². The highest BCUT2D eigenvalue weighted by Crippen LogP contribution is 2.37. The first-order chi connectivity index (χ1) is 16.6. The van der Waals surface area contributed by atoms with Crippen molar-refractivity contribution >= 4 is 29.2 Å². The van der Waals surface area contributed by atoms with Crippen LogP contribution in [0.25, 0.3) is 17.3 Å². The molecule has 168 valence electrons. The van der Waals surface area contributed by atoms with Crippen LogP contribution in [0.4, 0.5) is 5.69 Å². The number of allylic oxidation sites excluding steroid dienone is 1. The van der Waals surface area contributed by atoms with Crippen LogP contribution < -0.4 is 10.6 Å². The van der Waals surface area contributed by atoms with Crippen LogP contribution in [0, 0.1) is 0 Å². The Morgan fingerprint density at radius 3 is 2.21 bits per heavy atom. The van der Waals surface area contributed by atoms with Crippen LogP contribution in [0.2, 0.25) is 0 Å². The van der Waals surface area contributed by atoms with E-state index < -0.39 is 0 Å². The number of aromatic nitrogens is 2. The first kappa shape index (κ1) is 21.4. The molecule has 6 nitrogen and oxygen atoms in total. The quantitative estimate of drug-likeness (QED) is 0.453. The summed E-state index contributed by atoms with van der Waals surface area (Å²) in [6, 6.07) is 26.9. The molecule has 5 rings (SSSR count). The highest BCUT2D eigenvalue weighted by atomic mass is 16.2. The molecule has 0 saturated carbocycles. The molecule has 6 heteroatoms. The smallest absolute Gasteiger partial charge is 0.276 e. The molecule has 0 aliphatic heterocycles. The molecule has 0 unspecified atom stereocenters. The summed E-state index contributed by atoms with van der Waals surface area (Å²) in [4.78, 5) is 25.1. The van der Waals surface area contributed by atoms with Gasteiger partial charge in [-0.15, -0.1) is 0 Å². The summed E-state index contributed by atoms with van der Waals surface area (Å²) in [7, 11) is 1.59. The summed E-state index contributed by atoms with van der Waals surface area (Å²) < 4.78 is 1.88. The third-order valence-corrected chi connectivity index (χ3v) is 5.92. The molecular formula is C28H24N4O2. The minimum atomic E-state index is -0.264. The second kappa shape index (κ2) is 9.19. The zero-order valence-electron chi connectivity index (χ0n) is 18.8. The predicted octanol–water partition coefficient (Wildman–Crippen LogP) is 4.97. The van der Waals surface area contributed by atoms with Gasteiger partial charge in [-0.1, -0.05) is 48.5 Å². The van der Waals surface area contributed by atoms with Gasteiger partial charge in [0.25, 0.3) is 11.8 Å². The van der Waals surface area contributed by atoms with Crippen molar-refractivity contribution in [1.82, 2.24) is 15.1 Å². The predicted molar refractivity (Wildman–Crippen MR) is 134 cm³/mol. The molecule has 34 heavy (non-hydrogen) atoms. The number of carbonyl (C=O) groups is 2. The third-order valence-electron chi connectivity index (χ3n) is 5.92. The van der Waals surface area contributed by atoms with Gasteiger partial charge in [-0.2, -0.15) is 5.10 Å².